The van der Waals surface area contributed by atoms with Crippen LogP contribution >= 0.6 is 0 Å². The van der Waals surface area contributed by atoms with E-state index >= 15 is 0 Å². The Kier molecular flexibility index (Phi) is 9.33. The van der Waals surface area contributed by atoms with Crippen molar-refractivity contribution in [1.82, 2.24) is 0 Å². The van der Waals surface area contributed by atoms with Gasteiger partial charge in [0, 0.05) is 11.1 Å². The van der Waals surface area contributed by atoms with Gasteiger partial charge in [-0.05, 0) is 53.4 Å². The van der Waals surface area contributed by atoms with Gasteiger partial charge >= 0.3 is 11.9 Å². The van der Waals surface area contributed by atoms with Crippen molar-refractivity contribution in [2.75, 3.05) is 6.61 Å². The molecule has 2 aromatic carbocycles. The minimum Gasteiger partial charge on any atom is -0.466 e. The van der Waals surface area contributed by atoms with Crippen molar-refractivity contribution in [2.45, 2.75) is 98.8 Å². The molecule has 0 spiro atoms. The molecule has 0 saturated carbocycles. The monoisotopic (exact) mass is 480 g/mol. The highest BCUT2D eigenvalue weighted by Crippen LogP contribution is 2.43. The van der Waals surface area contributed by atoms with Crippen molar-refractivity contribution in [3.63, 3.8) is 0 Å². The van der Waals surface area contributed by atoms with Gasteiger partial charge in [-0.2, -0.15) is 0 Å². The molecule has 0 amide bonds. The Labute approximate surface area is 212 Å². The number of esters is 2. The van der Waals surface area contributed by atoms with Crippen LogP contribution in [0.3, 0.4) is 0 Å². The lowest BCUT2D eigenvalue weighted by Crippen LogP contribution is -2.26. The van der Waals surface area contributed by atoms with Crippen molar-refractivity contribution in [3.05, 3.63) is 64.2 Å². The van der Waals surface area contributed by atoms with E-state index in [-0.39, 0.29) is 22.7 Å². The van der Waals surface area contributed by atoms with Gasteiger partial charge < -0.3 is 9.47 Å². The van der Waals surface area contributed by atoms with Crippen LogP contribution in [0.1, 0.15) is 114 Å². The molecule has 1 unspecified atom stereocenters. The number of carbonyl (C=O) groups is 2. The van der Waals surface area contributed by atoms with Gasteiger partial charge in [0.05, 0.1) is 18.1 Å². The number of benzene rings is 2. The molecule has 0 saturated heterocycles. The molecule has 0 radical (unpaired) electrons. The molecule has 0 aromatic heterocycles. The standard InChI is InChI=1S/C31H44O4/c1-11-13-21-14-16-22(17-15-21)28(32)35-27-24(26(20(3)4)29(33)34-12-2)18-23(30(5,6)7)19-25(27)31(8,9)10/h14-20,26H,11-13H2,1-10H3. The first-order valence-corrected chi connectivity index (χ1v) is 12.9. The molecular weight excluding hydrogens is 436 g/mol. The number of hydrogen-bond donors (Lipinski definition) is 0. The van der Waals surface area contributed by atoms with E-state index in [1.54, 1.807) is 0 Å². The Bertz CT molecular complexity index is 1020. The van der Waals surface area contributed by atoms with Gasteiger partial charge in [-0.15, -0.1) is 0 Å². The SMILES string of the molecule is CCCc1ccc(C(=O)Oc2c(C(C(=O)OCC)C(C)C)cc(C(C)(C)C)cc2C(C)(C)C)cc1. The van der Waals surface area contributed by atoms with Crippen molar-refractivity contribution >= 4 is 11.9 Å². The molecule has 0 aliphatic rings. The molecule has 4 nitrogen and oxygen atoms in total. The largest absolute Gasteiger partial charge is 0.466 e. The van der Waals surface area contributed by atoms with E-state index in [0.29, 0.717) is 23.5 Å². The van der Waals surface area contributed by atoms with Crippen molar-refractivity contribution in [3.8, 4) is 5.75 Å². The predicted octanol–water partition coefficient (Wildman–Crippen LogP) is 7.76. The highest BCUT2D eigenvalue weighted by Gasteiger charge is 2.35. The molecule has 1 atom stereocenters. The molecule has 0 aliphatic carbocycles. The van der Waals surface area contributed by atoms with Gasteiger partial charge in [-0.1, -0.05) is 93.0 Å². The molecule has 35 heavy (non-hydrogen) atoms. The average molecular weight is 481 g/mol. The van der Waals surface area contributed by atoms with E-state index in [0.717, 1.165) is 24.0 Å². The van der Waals surface area contributed by atoms with E-state index in [4.69, 9.17) is 9.47 Å². The van der Waals surface area contributed by atoms with E-state index in [1.807, 2.05) is 51.1 Å². The summed E-state index contributed by atoms with van der Waals surface area (Å²) in [6.07, 6.45) is 2.02. The Morgan fingerprint density at radius 3 is 1.94 bits per heavy atom. The quantitative estimate of drug-likeness (QED) is 0.286. The maximum absolute atomic E-state index is 13.3. The fourth-order valence-corrected chi connectivity index (χ4v) is 4.22. The van der Waals surface area contributed by atoms with Gasteiger partial charge in [-0.3, -0.25) is 4.79 Å². The third-order valence-corrected chi connectivity index (χ3v) is 6.26. The Hall–Kier alpha value is -2.62. The van der Waals surface area contributed by atoms with Crippen molar-refractivity contribution < 1.29 is 19.1 Å². The minimum absolute atomic E-state index is 0.0390. The third kappa shape index (κ3) is 7.19. The molecule has 192 valence electrons. The number of ether oxygens (including phenoxy) is 2. The average Bonchev–Trinajstić information content (AvgIpc) is 2.73. The summed E-state index contributed by atoms with van der Waals surface area (Å²) in [5, 5.41) is 0. The summed E-state index contributed by atoms with van der Waals surface area (Å²) in [6, 6.07) is 11.7. The summed E-state index contributed by atoms with van der Waals surface area (Å²) in [7, 11) is 0. The zero-order valence-corrected chi connectivity index (χ0v) is 23.4. The topological polar surface area (TPSA) is 52.6 Å². The van der Waals surface area contributed by atoms with Crippen LogP contribution < -0.4 is 4.74 Å². The lowest BCUT2D eigenvalue weighted by molar-refractivity contribution is -0.146. The molecule has 4 heteroatoms. The van der Waals surface area contributed by atoms with Crippen LogP contribution in [-0.4, -0.2) is 18.5 Å². The maximum atomic E-state index is 13.3. The predicted molar refractivity (Wildman–Crippen MR) is 143 cm³/mol. The lowest BCUT2D eigenvalue weighted by Gasteiger charge is -2.31. The van der Waals surface area contributed by atoms with Crippen LogP contribution in [0.25, 0.3) is 0 Å². The van der Waals surface area contributed by atoms with Crippen LogP contribution in [0.15, 0.2) is 36.4 Å². The summed E-state index contributed by atoms with van der Waals surface area (Å²) >= 11 is 0. The third-order valence-electron chi connectivity index (χ3n) is 6.26. The first-order chi connectivity index (χ1) is 16.2. The molecular formula is C31H44O4. The minimum atomic E-state index is -0.548. The molecule has 2 rings (SSSR count). The highest BCUT2D eigenvalue weighted by molar-refractivity contribution is 5.92. The lowest BCUT2D eigenvalue weighted by atomic mass is 9.75. The number of hydrogen-bond acceptors (Lipinski definition) is 4. The first-order valence-electron chi connectivity index (χ1n) is 12.9. The van der Waals surface area contributed by atoms with Crippen LogP contribution in [0, 0.1) is 5.92 Å². The zero-order chi connectivity index (χ0) is 26.6. The second-order valence-electron chi connectivity index (χ2n) is 11.8. The Balaban J connectivity index is 2.74. The number of rotatable bonds is 8. The van der Waals surface area contributed by atoms with Crippen LogP contribution in [-0.2, 0) is 26.8 Å². The van der Waals surface area contributed by atoms with E-state index < -0.39 is 11.9 Å². The van der Waals surface area contributed by atoms with Gasteiger partial charge in [0.1, 0.15) is 5.75 Å². The first kappa shape index (κ1) is 28.6. The fourth-order valence-electron chi connectivity index (χ4n) is 4.22. The zero-order valence-electron chi connectivity index (χ0n) is 23.4. The maximum Gasteiger partial charge on any atom is 0.343 e. The summed E-state index contributed by atoms with van der Waals surface area (Å²) in [5.74, 6) is -0.833. The fraction of sp³-hybridized carbons (Fsp3) is 0.548. The molecule has 2 aromatic rings. The van der Waals surface area contributed by atoms with Crippen LogP contribution in [0.5, 0.6) is 5.75 Å². The molecule has 0 bridgehead atoms. The molecule has 0 heterocycles. The van der Waals surface area contributed by atoms with Gasteiger partial charge in [0.2, 0.25) is 0 Å². The second-order valence-corrected chi connectivity index (χ2v) is 11.8. The molecule has 0 N–H and O–H groups in total. The normalized spacial score (nSPS) is 13.0. The van der Waals surface area contributed by atoms with Crippen molar-refractivity contribution in [1.29, 1.82) is 0 Å². The van der Waals surface area contributed by atoms with E-state index in [9.17, 15) is 9.59 Å². The van der Waals surface area contributed by atoms with Crippen LogP contribution in [0.4, 0.5) is 0 Å². The van der Waals surface area contributed by atoms with E-state index in [1.165, 1.54) is 5.56 Å². The van der Waals surface area contributed by atoms with Gasteiger partial charge in [0.25, 0.3) is 0 Å². The van der Waals surface area contributed by atoms with Crippen molar-refractivity contribution in [2.24, 2.45) is 5.92 Å². The van der Waals surface area contributed by atoms with Crippen LogP contribution in [0.2, 0.25) is 0 Å². The molecule has 0 aliphatic heterocycles. The number of carbonyl (C=O) groups excluding carboxylic acids is 2. The van der Waals surface area contributed by atoms with E-state index in [2.05, 4.69) is 54.5 Å². The number of aryl methyl sites for hydroxylation is 1. The smallest absolute Gasteiger partial charge is 0.343 e. The summed E-state index contributed by atoms with van der Waals surface area (Å²) in [6.45, 7) is 21.0. The van der Waals surface area contributed by atoms with Gasteiger partial charge in [0.15, 0.2) is 0 Å². The Morgan fingerprint density at radius 1 is 0.886 bits per heavy atom. The summed E-state index contributed by atoms with van der Waals surface area (Å²) < 4.78 is 11.6. The second kappa shape index (κ2) is 11.4. The molecule has 0 fully saturated rings. The van der Waals surface area contributed by atoms with Gasteiger partial charge in [-0.25, -0.2) is 4.79 Å². The Morgan fingerprint density at radius 2 is 1.49 bits per heavy atom. The summed E-state index contributed by atoms with van der Waals surface area (Å²) in [5.41, 5.74) is 3.94. The summed E-state index contributed by atoms with van der Waals surface area (Å²) in [4.78, 5) is 26.5. The highest BCUT2D eigenvalue weighted by atomic mass is 16.5.